The molecule has 122 valence electrons. The topological polar surface area (TPSA) is 105 Å². The normalized spacial score (nSPS) is 10.8. The Bertz CT molecular complexity index is 551. The number of carboxylic acids is 2. The van der Waals surface area contributed by atoms with E-state index in [1.807, 2.05) is 0 Å². The molecule has 0 bridgehead atoms. The van der Waals surface area contributed by atoms with Gasteiger partial charge in [-0.15, -0.1) is 0 Å². The average molecular weight is 311 g/mol. The highest BCUT2D eigenvalue weighted by Gasteiger charge is 2.24. The van der Waals surface area contributed by atoms with Crippen LogP contribution in [0.2, 0.25) is 0 Å². The minimum absolute atomic E-state index is 0.00289. The molecule has 1 rings (SSSR count). The number of aromatic carboxylic acids is 2. The molecule has 0 amide bonds. The van der Waals surface area contributed by atoms with Crippen LogP contribution in [-0.4, -0.2) is 49.2 Å². The van der Waals surface area contributed by atoms with Crippen LogP contribution in [0.3, 0.4) is 0 Å². The Hall–Kier alpha value is -2.12. The first-order valence-corrected chi connectivity index (χ1v) is 6.66. The van der Waals surface area contributed by atoms with Crippen molar-refractivity contribution in [3.8, 4) is 0 Å². The fourth-order valence-corrected chi connectivity index (χ4v) is 2.57. The van der Waals surface area contributed by atoms with Gasteiger partial charge in [0.1, 0.15) is 0 Å². The molecule has 0 saturated carbocycles. The molecule has 0 radical (unpaired) electrons. The van der Waals surface area contributed by atoms with E-state index < -0.39 is 18.2 Å². The Kier molecular flexibility index (Phi) is 5.90. The molecule has 1 aromatic rings. The highest BCUT2D eigenvalue weighted by atomic mass is 16.7. The van der Waals surface area contributed by atoms with Gasteiger partial charge in [-0.3, -0.25) is 0 Å². The van der Waals surface area contributed by atoms with Gasteiger partial charge in [-0.25, -0.2) is 9.59 Å². The quantitative estimate of drug-likeness (QED) is 0.662. The number of hydrogen-bond acceptors (Lipinski definition) is 5. The molecule has 7 nitrogen and oxygen atoms in total. The minimum Gasteiger partial charge on any atom is -0.478 e. The van der Waals surface area contributed by atoms with Gasteiger partial charge in [0, 0.05) is 19.9 Å². The van der Waals surface area contributed by atoms with Crippen LogP contribution in [0.15, 0.2) is 0 Å². The zero-order valence-corrected chi connectivity index (χ0v) is 13.3. The number of nitrogens with one attached hydrogen (secondary N) is 1. The second-order valence-corrected chi connectivity index (χ2v) is 4.89. The lowest BCUT2D eigenvalue weighted by Gasteiger charge is -2.21. The Morgan fingerprint density at radius 2 is 1.36 bits per heavy atom. The number of rotatable bonds is 7. The largest absolute Gasteiger partial charge is 0.478 e. The van der Waals surface area contributed by atoms with Gasteiger partial charge in [-0.1, -0.05) is 0 Å². The van der Waals surface area contributed by atoms with Crippen LogP contribution in [0.25, 0.3) is 0 Å². The van der Waals surface area contributed by atoms with Crippen LogP contribution in [0, 0.1) is 20.8 Å². The molecule has 0 aliphatic heterocycles. The standard InChI is InChI=1S/C15H21NO6/c1-7-11(14(17)18)8(2)13(9(3)12(7)15(19)20)16-6-10(21-4)22-5/h10,16H,6H2,1-5H3,(H,17,18)(H,19,20). The maximum Gasteiger partial charge on any atom is 0.336 e. The Balaban J connectivity index is 3.43. The van der Waals surface area contributed by atoms with E-state index in [4.69, 9.17) is 9.47 Å². The fraction of sp³-hybridized carbons (Fsp3) is 0.467. The zero-order valence-electron chi connectivity index (χ0n) is 13.3. The maximum atomic E-state index is 11.5. The summed E-state index contributed by atoms with van der Waals surface area (Å²) in [6.07, 6.45) is -0.526. The molecule has 0 spiro atoms. The van der Waals surface area contributed by atoms with E-state index in [9.17, 15) is 19.8 Å². The molecule has 7 heteroatoms. The third kappa shape index (κ3) is 3.37. The first kappa shape index (κ1) is 17.9. The second-order valence-electron chi connectivity index (χ2n) is 4.89. The first-order chi connectivity index (χ1) is 10.3. The fourth-order valence-electron chi connectivity index (χ4n) is 2.57. The number of methoxy groups -OCH3 is 2. The highest BCUT2D eigenvalue weighted by Crippen LogP contribution is 2.31. The summed E-state index contributed by atoms with van der Waals surface area (Å²) in [7, 11) is 2.96. The van der Waals surface area contributed by atoms with E-state index in [0.29, 0.717) is 16.8 Å². The number of ether oxygens (including phenoxy) is 2. The molecule has 0 aliphatic rings. The Labute approximate surface area is 128 Å². The van der Waals surface area contributed by atoms with Gasteiger partial charge in [-0.2, -0.15) is 0 Å². The van der Waals surface area contributed by atoms with Crippen molar-refractivity contribution in [1.29, 1.82) is 0 Å². The smallest absolute Gasteiger partial charge is 0.336 e. The van der Waals surface area contributed by atoms with Crippen LogP contribution in [0.5, 0.6) is 0 Å². The van der Waals surface area contributed by atoms with E-state index in [0.717, 1.165) is 0 Å². The van der Waals surface area contributed by atoms with E-state index in [2.05, 4.69) is 5.32 Å². The molecular weight excluding hydrogens is 290 g/mol. The zero-order chi connectivity index (χ0) is 17.0. The molecule has 0 atom stereocenters. The van der Waals surface area contributed by atoms with Crippen molar-refractivity contribution < 1.29 is 29.3 Å². The lowest BCUT2D eigenvalue weighted by molar-refractivity contribution is -0.0914. The first-order valence-electron chi connectivity index (χ1n) is 6.66. The van der Waals surface area contributed by atoms with Crippen LogP contribution in [-0.2, 0) is 9.47 Å². The predicted molar refractivity (Wildman–Crippen MR) is 80.9 cm³/mol. The summed E-state index contributed by atoms with van der Waals surface area (Å²) in [6.45, 7) is 5.05. The summed E-state index contributed by atoms with van der Waals surface area (Å²) < 4.78 is 10.1. The van der Waals surface area contributed by atoms with Crippen molar-refractivity contribution in [2.45, 2.75) is 27.1 Å². The third-order valence-corrected chi connectivity index (χ3v) is 3.65. The second kappa shape index (κ2) is 7.24. The summed E-state index contributed by atoms with van der Waals surface area (Å²) in [5.74, 6) is -2.31. The lowest BCUT2D eigenvalue weighted by atomic mass is 9.91. The number of anilines is 1. The van der Waals surface area contributed by atoms with Gasteiger partial charge < -0.3 is 25.0 Å². The molecule has 1 aromatic carbocycles. The number of hydrogen-bond donors (Lipinski definition) is 3. The van der Waals surface area contributed by atoms with Gasteiger partial charge in [0.25, 0.3) is 0 Å². The van der Waals surface area contributed by atoms with Gasteiger partial charge >= 0.3 is 11.9 Å². The summed E-state index contributed by atoms with van der Waals surface area (Å²) >= 11 is 0. The van der Waals surface area contributed by atoms with E-state index >= 15 is 0 Å². The highest BCUT2D eigenvalue weighted by molar-refractivity contribution is 6.01. The summed E-state index contributed by atoms with van der Waals surface area (Å²) in [6, 6.07) is 0. The van der Waals surface area contributed by atoms with Crippen molar-refractivity contribution >= 4 is 17.6 Å². The van der Waals surface area contributed by atoms with E-state index in [1.165, 1.54) is 21.1 Å². The molecule has 0 aromatic heterocycles. The van der Waals surface area contributed by atoms with Crippen molar-refractivity contribution in [2.24, 2.45) is 0 Å². The maximum absolute atomic E-state index is 11.5. The van der Waals surface area contributed by atoms with Crippen molar-refractivity contribution in [3.63, 3.8) is 0 Å². The summed E-state index contributed by atoms with van der Waals surface area (Å²) in [4.78, 5) is 22.9. The molecule has 0 aliphatic carbocycles. The summed E-state index contributed by atoms with van der Waals surface area (Å²) in [5, 5.41) is 21.8. The van der Waals surface area contributed by atoms with E-state index in [-0.39, 0.29) is 23.2 Å². The van der Waals surface area contributed by atoms with Gasteiger partial charge in [0.2, 0.25) is 0 Å². The summed E-state index contributed by atoms with van der Waals surface area (Å²) in [5.41, 5.74) is 1.68. The number of carbonyl (C=O) groups is 2. The predicted octanol–water partition coefficient (Wildman–Crippen LogP) is 2.04. The van der Waals surface area contributed by atoms with Crippen LogP contribution >= 0.6 is 0 Å². The number of carboxylic acid groups (broad SMARTS) is 2. The van der Waals surface area contributed by atoms with Crippen molar-refractivity contribution in [2.75, 3.05) is 26.1 Å². The molecule has 0 unspecified atom stereocenters. The molecular formula is C15H21NO6. The molecule has 0 fully saturated rings. The van der Waals surface area contributed by atoms with Gasteiger partial charge in [0.05, 0.1) is 17.7 Å². The van der Waals surface area contributed by atoms with Crippen LogP contribution < -0.4 is 5.32 Å². The molecule has 22 heavy (non-hydrogen) atoms. The molecule has 0 heterocycles. The average Bonchev–Trinajstić information content (AvgIpc) is 2.41. The monoisotopic (exact) mass is 311 g/mol. The van der Waals surface area contributed by atoms with Gasteiger partial charge in [-0.05, 0) is 37.5 Å². The van der Waals surface area contributed by atoms with Gasteiger partial charge in [0.15, 0.2) is 6.29 Å². The lowest BCUT2D eigenvalue weighted by Crippen LogP contribution is -2.25. The van der Waals surface area contributed by atoms with Crippen LogP contribution in [0.4, 0.5) is 5.69 Å². The van der Waals surface area contributed by atoms with E-state index in [1.54, 1.807) is 13.8 Å². The Morgan fingerprint density at radius 3 is 1.68 bits per heavy atom. The number of benzene rings is 1. The molecule has 0 saturated heterocycles. The van der Waals surface area contributed by atoms with Crippen LogP contribution in [0.1, 0.15) is 37.4 Å². The van der Waals surface area contributed by atoms with Crippen molar-refractivity contribution in [1.82, 2.24) is 0 Å². The Morgan fingerprint density at radius 1 is 0.955 bits per heavy atom. The van der Waals surface area contributed by atoms with Crippen molar-refractivity contribution in [3.05, 3.63) is 27.8 Å². The SMILES string of the molecule is COC(CNc1c(C)c(C(=O)O)c(C)c(C(=O)O)c1C)OC. The molecule has 3 N–H and O–H groups in total. The third-order valence-electron chi connectivity index (χ3n) is 3.65. The minimum atomic E-state index is -1.16.